The highest BCUT2D eigenvalue weighted by Gasteiger charge is 2.13. The van der Waals surface area contributed by atoms with Crippen LogP contribution in [0.3, 0.4) is 0 Å². The molecule has 0 N–H and O–H groups in total. The second-order valence-corrected chi connectivity index (χ2v) is 2.73. The average Bonchev–Trinajstić information content (AvgIpc) is 2.03. The molecule has 2 nitrogen and oxygen atoms in total. The Labute approximate surface area is 62.3 Å². The van der Waals surface area contributed by atoms with E-state index in [0.29, 0.717) is 6.10 Å². The summed E-state index contributed by atoms with van der Waals surface area (Å²) in [7, 11) is 0. The van der Waals surface area contributed by atoms with Crippen molar-refractivity contribution in [2.45, 2.75) is 45.1 Å². The van der Waals surface area contributed by atoms with Crippen molar-refractivity contribution in [1.29, 1.82) is 0 Å². The van der Waals surface area contributed by atoms with E-state index >= 15 is 0 Å². The van der Waals surface area contributed by atoms with Crippen LogP contribution in [0.15, 0.2) is 5.16 Å². The molecule has 0 heterocycles. The Balaban J connectivity index is 2.13. The maximum atomic E-state index is 5.20. The predicted octanol–water partition coefficient (Wildman–Crippen LogP) is 2.34. The van der Waals surface area contributed by atoms with E-state index in [1.165, 1.54) is 32.1 Å². The minimum Gasteiger partial charge on any atom is -0.393 e. The zero-order valence-corrected chi connectivity index (χ0v) is 6.55. The largest absolute Gasteiger partial charge is 0.393 e. The number of oxime groups is 1. The monoisotopic (exact) mass is 141 g/mol. The molecule has 0 atom stereocenters. The topological polar surface area (TPSA) is 21.6 Å². The Morgan fingerprint density at radius 2 is 2.00 bits per heavy atom. The van der Waals surface area contributed by atoms with E-state index < -0.39 is 0 Å². The van der Waals surface area contributed by atoms with Crippen LogP contribution in [-0.4, -0.2) is 12.3 Å². The third-order valence-electron chi connectivity index (χ3n) is 1.87. The molecule has 1 saturated carbocycles. The SMILES string of the molecule is C/C=N/OC1CCCCC1. The van der Waals surface area contributed by atoms with Gasteiger partial charge in [0.15, 0.2) is 0 Å². The summed E-state index contributed by atoms with van der Waals surface area (Å²) in [6.07, 6.45) is 8.48. The number of hydrogen-bond donors (Lipinski definition) is 0. The molecule has 0 spiro atoms. The molecule has 0 aromatic rings. The molecule has 0 saturated heterocycles. The van der Waals surface area contributed by atoms with Crippen LogP contribution in [0.2, 0.25) is 0 Å². The van der Waals surface area contributed by atoms with E-state index in [2.05, 4.69) is 5.16 Å². The van der Waals surface area contributed by atoms with Gasteiger partial charge in [0.05, 0.1) is 0 Å². The highest BCUT2D eigenvalue weighted by Crippen LogP contribution is 2.19. The summed E-state index contributed by atoms with van der Waals surface area (Å²) < 4.78 is 0. The van der Waals surface area contributed by atoms with Crippen LogP contribution in [0, 0.1) is 0 Å². The van der Waals surface area contributed by atoms with Crippen molar-refractivity contribution in [2.24, 2.45) is 5.16 Å². The molecule has 0 bridgehead atoms. The van der Waals surface area contributed by atoms with Crippen molar-refractivity contribution in [3.63, 3.8) is 0 Å². The lowest BCUT2D eigenvalue weighted by Crippen LogP contribution is -2.13. The molecule has 1 rings (SSSR count). The average molecular weight is 141 g/mol. The minimum absolute atomic E-state index is 0.407. The van der Waals surface area contributed by atoms with Gasteiger partial charge in [0.2, 0.25) is 0 Å². The number of hydrogen-bond acceptors (Lipinski definition) is 2. The third kappa shape index (κ3) is 2.38. The van der Waals surface area contributed by atoms with E-state index in [1.807, 2.05) is 6.92 Å². The van der Waals surface area contributed by atoms with Crippen molar-refractivity contribution in [3.05, 3.63) is 0 Å². The molecule has 0 radical (unpaired) electrons. The van der Waals surface area contributed by atoms with Crippen molar-refractivity contribution in [2.75, 3.05) is 0 Å². The molecule has 1 aliphatic rings. The van der Waals surface area contributed by atoms with Crippen molar-refractivity contribution < 1.29 is 4.84 Å². The van der Waals surface area contributed by atoms with E-state index in [-0.39, 0.29) is 0 Å². The molecular weight excluding hydrogens is 126 g/mol. The Morgan fingerprint density at radius 1 is 1.30 bits per heavy atom. The van der Waals surface area contributed by atoms with Crippen LogP contribution >= 0.6 is 0 Å². The maximum Gasteiger partial charge on any atom is 0.127 e. The highest BCUT2D eigenvalue weighted by atomic mass is 16.6. The Kier molecular flexibility index (Phi) is 3.27. The molecule has 58 valence electrons. The smallest absolute Gasteiger partial charge is 0.127 e. The molecule has 0 aliphatic heterocycles. The first kappa shape index (κ1) is 7.58. The van der Waals surface area contributed by atoms with Crippen molar-refractivity contribution >= 4 is 6.21 Å². The maximum absolute atomic E-state index is 5.20. The third-order valence-corrected chi connectivity index (χ3v) is 1.87. The molecular formula is C8H15NO. The predicted molar refractivity (Wildman–Crippen MR) is 42.1 cm³/mol. The fraction of sp³-hybridized carbons (Fsp3) is 0.875. The molecule has 0 aromatic heterocycles. The van der Waals surface area contributed by atoms with Gasteiger partial charge in [-0.15, -0.1) is 0 Å². The van der Waals surface area contributed by atoms with Gasteiger partial charge in [0.25, 0.3) is 0 Å². The van der Waals surface area contributed by atoms with Gasteiger partial charge < -0.3 is 4.84 Å². The molecule has 1 fully saturated rings. The molecule has 0 unspecified atom stereocenters. The first-order valence-corrected chi connectivity index (χ1v) is 4.07. The van der Waals surface area contributed by atoms with E-state index in [0.717, 1.165) is 0 Å². The number of rotatable bonds is 2. The van der Waals surface area contributed by atoms with Crippen LogP contribution in [0.1, 0.15) is 39.0 Å². The van der Waals surface area contributed by atoms with Gasteiger partial charge in [-0.2, -0.15) is 0 Å². The fourth-order valence-corrected chi connectivity index (χ4v) is 1.32. The van der Waals surface area contributed by atoms with E-state index in [9.17, 15) is 0 Å². The van der Waals surface area contributed by atoms with Crippen molar-refractivity contribution in [3.8, 4) is 0 Å². The van der Waals surface area contributed by atoms with Crippen LogP contribution in [0.4, 0.5) is 0 Å². The van der Waals surface area contributed by atoms with Gasteiger partial charge in [-0.1, -0.05) is 11.6 Å². The lowest BCUT2D eigenvalue weighted by Gasteiger charge is -2.18. The van der Waals surface area contributed by atoms with Crippen LogP contribution in [0.25, 0.3) is 0 Å². The zero-order valence-electron chi connectivity index (χ0n) is 6.55. The summed E-state index contributed by atoms with van der Waals surface area (Å²) in [5, 5.41) is 3.77. The molecule has 10 heavy (non-hydrogen) atoms. The van der Waals surface area contributed by atoms with Gasteiger partial charge in [0, 0.05) is 6.21 Å². The lowest BCUT2D eigenvalue weighted by molar-refractivity contribution is 0.0338. The molecule has 0 amide bonds. The first-order valence-electron chi connectivity index (χ1n) is 4.07. The van der Waals surface area contributed by atoms with Gasteiger partial charge >= 0.3 is 0 Å². The van der Waals surface area contributed by atoms with Crippen molar-refractivity contribution in [1.82, 2.24) is 0 Å². The minimum atomic E-state index is 0.407. The standard InChI is InChI=1S/C8H15NO/c1-2-9-10-8-6-4-3-5-7-8/h2,8H,3-7H2,1H3/b9-2+. The van der Waals surface area contributed by atoms with Gasteiger partial charge in [-0.3, -0.25) is 0 Å². The first-order chi connectivity index (χ1) is 4.93. The second kappa shape index (κ2) is 4.31. The summed E-state index contributed by atoms with van der Waals surface area (Å²) >= 11 is 0. The molecule has 2 heteroatoms. The quantitative estimate of drug-likeness (QED) is 0.427. The van der Waals surface area contributed by atoms with Gasteiger partial charge in [0.1, 0.15) is 6.10 Å². The Morgan fingerprint density at radius 3 is 2.60 bits per heavy atom. The number of nitrogens with zero attached hydrogens (tertiary/aromatic N) is 1. The van der Waals surface area contributed by atoms with Crippen LogP contribution in [0.5, 0.6) is 0 Å². The second-order valence-electron chi connectivity index (χ2n) is 2.73. The summed E-state index contributed by atoms with van der Waals surface area (Å²) in [4.78, 5) is 5.20. The van der Waals surface area contributed by atoms with Gasteiger partial charge in [-0.05, 0) is 32.6 Å². The van der Waals surface area contributed by atoms with E-state index in [1.54, 1.807) is 6.21 Å². The van der Waals surface area contributed by atoms with Crippen LogP contribution in [-0.2, 0) is 4.84 Å². The van der Waals surface area contributed by atoms with Crippen LogP contribution < -0.4 is 0 Å². The summed E-state index contributed by atoms with van der Waals surface area (Å²) in [6, 6.07) is 0. The summed E-state index contributed by atoms with van der Waals surface area (Å²) in [6.45, 7) is 1.88. The zero-order chi connectivity index (χ0) is 7.23. The highest BCUT2D eigenvalue weighted by molar-refractivity contribution is 5.52. The van der Waals surface area contributed by atoms with Gasteiger partial charge in [-0.25, -0.2) is 0 Å². The normalized spacial score (nSPS) is 21.7. The lowest BCUT2D eigenvalue weighted by atomic mass is 9.98. The van der Waals surface area contributed by atoms with E-state index in [4.69, 9.17) is 4.84 Å². The summed E-state index contributed by atoms with van der Waals surface area (Å²) in [5.41, 5.74) is 0. The Hall–Kier alpha value is -0.530. The fourth-order valence-electron chi connectivity index (χ4n) is 1.32. The summed E-state index contributed by atoms with van der Waals surface area (Å²) in [5.74, 6) is 0. The molecule has 0 aromatic carbocycles. The Bertz CT molecular complexity index is 106. The molecule has 1 aliphatic carbocycles.